The number of imidazole rings is 1. The summed E-state index contributed by atoms with van der Waals surface area (Å²) in [4.78, 5) is 17.3. The fourth-order valence-corrected chi connectivity index (χ4v) is 3.89. The van der Waals surface area contributed by atoms with Gasteiger partial charge in [0.1, 0.15) is 11.4 Å². The Labute approximate surface area is 181 Å². The van der Waals surface area contributed by atoms with Gasteiger partial charge in [0.15, 0.2) is 0 Å². The average molecular weight is 412 g/mol. The molecule has 2 heterocycles. The van der Waals surface area contributed by atoms with Crippen LogP contribution in [0.3, 0.4) is 0 Å². The van der Waals surface area contributed by atoms with E-state index in [0.29, 0.717) is 18.9 Å². The molecule has 5 heteroatoms. The molecule has 0 saturated heterocycles. The van der Waals surface area contributed by atoms with Gasteiger partial charge in [0.05, 0.1) is 18.5 Å². The number of nitrogens with one attached hydrogen (secondary N) is 1. The molecule has 31 heavy (non-hydrogen) atoms. The minimum atomic E-state index is 0.105. The number of fused-ring (bicyclic) bond motifs is 1. The molecule has 0 spiro atoms. The number of benzene rings is 2. The number of amides is 1. The van der Waals surface area contributed by atoms with Crippen LogP contribution in [0.15, 0.2) is 72.9 Å². The van der Waals surface area contributed by atoms with E-state index in [1.165, 1.54) is 0 Å². The third-order valence-corrected chi connectivity index (χ3v) is 5.70. The standard InChI is InChI=1S/C26H25N3O2/c1-31-22-9-5-8-19(16-22)26-23(13-15-25(30)27-21-11-12-21)29-17-20(10-14-24(29)28-26)18-6-3-2-4-7-18/h2-10,14,16-17,21H,11-13,15H2,1H3,(H,27,30). The number of rotatable bonds is 7. The maximum absolute atomic E-state index is 12.4. The summed E-state index contributed by atoms with van der Waals surface area (Å²) in [5, 5.41) is 3.09. The number of methoxy groups -OCH3 is 1. The number of aryl methyl sites for hydroxylation is 1. The van der Waals surface area contributed by atoms with Gasteiger partial charge in [-0.1, -0.05) is 42.5 Å². The van der Waals surface area contributed by atoms with Crippen molar-refractivity contribution in [3.63, 3.8) is 0 Å². The van der Waals surface area contributed by atoms with E-state index in [9.17, 15) is 4.79 Å². The maximum Gasteiger partial charge on any atom is 0.220 e. The second kappa shape index (κ2) is 8.26. The Kier molecular flexibility index (Phi) is 5.16. The number of carbonyl (C=O) groups excluding carboxylic acids is 1. The Morgan fingerprint density at radius 3 is 2.61 bits per heavy atom. The van der Waals surface area contributed by atoms with Crippen LogP contribution >= 0.6 is 0 Å². The molecule has 1 aliphatic carbocycles. The summed E-state index contributed by atoms with van der Waals surface area (Å²) in [6, 6.07) is 22.7. The van der Waals surface area contributed by atoms with Crippen LogP contribution < -0.4 is 10.1 Å². The minimum Gasteiger partial charge on any atom is -0.497 e. The van der Waals surface area contributed by atoms with E-state index < -0.39 is 0 Å². The zero-order valence-electron chi connectivity index (χ0n) is 17.5. The van der Waals surface area contributed by atoms with Gasteiger partial charge in [-0.2, -0.15) is 0 Å². The van der Waals surface area contributed by atoms with E-state index in [0.717, 1.165) is 52.3 Å². The predicted molar refractivity (Wildman–Crippen MR) is 122 cm³/mol. The highest BCUT2D eigenvalue weighted by Gasteiger charge is 2.23. The molecule has 4 aromatic rings. The minimum absolute atomic E-state index is 0.105. The molecule has 2 aromatic carbocycles. The largest absolute Gasteiger partial charge is 0.497 e. The molecule has 1 aliphatic rings. The summed E-state index contributed by atoms with van der Waals surface area (Å²) in [6.45, 7) is 0. The molecule has 0 unspecified atom stereocenters. The van der Waals surface area contributed by atoms with Crippen LogP contribution in [-0.4, -0.2) is 28.4 Å². The van der Waals surface area contributed by atoms with Gasteiger partial charge in [0, 0.05) is 24.2 Å². The first-order chi connectivity index (χ1) is 15.2. The summed E-state index contributed by atoms with van der Waals surface area (Å²) in [7, 11) is 1.66. The topological polar surface area (TPSA) is 55.6 Å². The van der Waals surface area contributed by atoms with Crippen LogP contribution in [0.1, 0.15) is 25.0 Å². The second-order valence-electron chi connectivity index (χ2n) is 7.99. The van der Waals surface area contributed by atoms with Crippen molar-refractivity contribution >= 4 is 11.6 Å². The monoisotopic (exact) mass is 411 g/mol. The molecule has 1 N–H and O–H groups in total. The first kappa shape index (κ1) is 19.4. The van der Waals surface area contributed by atoms with Crippen LogP contribution in [0.4, 0.5) is 0 Å². The normalized spacial score (nSPS) is 13.3. The van der Waals surface area contributed by atoms with Crippen molar-refractivity contribution in [3.05, 3.63) is 78.6 Å². The van der Waals surface area contributed by atoms with Crippen molar-refractivity contribution in [2.75, 3.05) is 7.11 Å². The number of hydrogen-bond acceptors (Lipinski definition) is 3. The Morgan fingerprint density at radius 2 is 1.84 bits per heavy atom. The van der Waals surface area contributed by atoms with Gasteiger partial charge in [-0.15, -0.1) is 0 Å². The third-order valence-electron chi connectivity index (χ3n) is 5.70. The first-order valence-corrected chi connectivity index (χ1v) is 10.7. The van der Waals surface area contributed by atoms with Crippen LogP contribution in [0.2, 0.25) is 0 Å². The molecular weight excluding hydrogens is 386 g/mol. The lowest BCUT2D eigenvalue weighted by Gasteiger charge is -2.09. The van der Waals surface area contributed by atoms with E-state index in [1.54, 1.807) is 7.11 Å². The van der Waals surface area contributed by atoms with Gasteiger partial charge in [0.25, 0.3) is 0 Å². The Morgan fingerprint density at radius 1 is 1.03 bits per heavy atom. The molecule has 0 radical (unpaired) electrons. The van der Waals surface area contributed by atoms with Crippen molar-refractivity contribution in [3.8, 4) is 28.1 Å². The molecular formula is C26H25N3O2. The molecule has 0 atom stereocenters. The molecule has 156 valence electrons. The van der Waals surface area contributed by atoms with Gasteiger partial charge in [0.2, 0.25) is 5.91 Å². The third kappa shape index (κ3) is 4.17. The van der Waals surface area contributed by atoms with E-state index in [2.05, 4.69) is 34.1 Å². The maximum atomic E-state index is 12.4. The fourth-order valence-electron chi connectivity index (χ4n) is 3.89. The van der Waals surface area contributed by atoms with Crippen LogP contribution in [0.25, 0.3) is 28.0 Å². The highest BCUT2D eigenvalue weighted by Crippen LogP contribution is 2.30. The number of hydrogen-bond donors (Lipinski definition) is 1. The molecule has 1 amide bonds. The number of nitrogens with zero attached hydrogens (tertiary/aromatic N) is 2. The zero-order chi connectivity index (χ0) is 21.2. The number of pyridine rings is 1. The summed E-state index contributed by atoms with van der Waals surface area (Å²) in [6.07, 6.45) is 5.37. The van der Waals surface area contributed by atoms with E-state index in [-0.39, 0.29) is 5.91 Å². The van der Waals surface area contributed by atoms with Gasteiger partial charge < -0.3 is 14.5 Å². The molecule has 0 aliphatic heterocycles. The van der Waals surface area contributed by atoms with Crippen LogP contribution in [0, 0.1) is 0 Å². The zero-order valence-corrected chi connectivity index (χ0v) is 17.5. The van der Waals surface area contributed by atoms with E-state index in [4.69, 9.17) is 9.72 Å². The van der Waals surface area contributed by atoms with E-state index in [1.807, 2.05) is 48.5 Å². The average Bonchev–Trinajstić information content (AvgIpc) is 3.55. The van der Waals surface area contributed by atoms with Gasteiger partial charge in [-0.3, -0.25) is 4.79 Å². The lowest BCUT2D eigenvalue weighted by atomic mass is 10.1. The van der Waals surface area contributed by atoms with E-state index >= 15 is 0 Å². The fraction of sp³-hybridized carbons (Fsp3) is 0.231. The Bertz CT molecular complexity index is 1230. The van der Waals surface area contributed by atoms with Crippen molar-refractivity contribution in [2.45, 2.75) is 31.7 Å². The lowest BCUT2D eigenvalue weighted by Crippen LogP contribution is -2.25. The van der Waals surface area contributed by atoms with Crippen molar-refractivity contribution < 1.29 is 9.53 Å². The van der Waals surface area contributed by atoms with Crippen molar-refractivity contribution in [1.82, 2.24) is 14.7 Å². The van der Waals surface area contributed by atoms with Gasteiger partial charge >= 0.3 is 0 Å². The van der Waals surface area contributed by atoms with Gasteiger partial charge in [-0.05, 0) is 54.7 Å². The molecule has 2 aromatic heterocycles. The molecule has 5 rings (SSSR count). The van der Waals surface area contributed by atoms with Crippen molar-refractivity contribution in [2.24, 2.45) is 0 Å². The molecule has 1 saturated carbocycles. The number of aromatic nitrogens is 2. The highest BCUT2D eigenvalue weighted by atomic mass is 16.5. The Balaban J connectivity index is 1.57. The van der Waals surface area contributed by atoms with Crippen LogP contribution in [0.5, 0.6) is 5.75 Å². The van der Waals surface area contributed by atoms with Crippen molar-refractivity contribution in [1.29, 1.82) is 0 Å². The summed E-state index contributed by atoms with van der Waals surface area (Å²) in [5.74, 6) is 0.894. The predicted octanol–water partition coefficient (Wildman–Crippen LogP) is 4.89. The Hall–Kier alpha value is -3.60. The summed E-state index contributed by atoms with van der Waals surface area (Å²) in [5.41, 5.74) is 6.05. The molecule has 5 nitrogen and oxygen atoms in total. The molecule has 0 bridgehead atoms. The smallest absolute Gasteiger partial charge is 0.220 e. The molecule has 1 fully saturated rings. The number of ether oxygens (including phenoxy) is 1. The SMILES string of the molecule is COc1cccc(-c2nc3ccc(-c4ccccc4)cn3c2CCC(=O)NC2CC2)c1. The summed E-state index contributed by atoms with van der Waals surface area (Å²) >= 11 is 0. The number of carbonyl (C=O) groups is 1. The highest BCUT2D eigenvalue weighted by molar-refractivity contribution is 5.78. The van der Waals surface area contributed by atoms with Gasteiger partial charge in [-0.25, -0.2) is 4.98 Å². The summed E-state index contributed by atoms with van der Waals surface area (Å²) < 4.78 is 7.54. The first-order valence-electron chi connectivity index (χ1n) is 10.7. The van der Waals surface area contributed by atoms with Crippen LogP contribution in [-0.2, 0) is 11.2 Å². The quantitative estimate of drug-likeness (QED) is 0.471. The lowest BCUT2D eigenvalue weighted by molar-refractivity contribution is -0.121. The second-order valence-corrected chi connectivity index (χ2v) is 7.99.